The normalized spacial score (nSPS) is 22.7. The number of aliphatic hydroxyl groups is 1. The number of aromatic hydroxyl groups is 1. The van der Waals surface area contributed by atoms with Crippen molar-refractivity contribution in [1.82, 2.24) is 15.6 Å². The maximum absolute atomic E-state index is 12.0. The Bertz CT molecular complexity index is 710. The molecule has 25 heavy (non-hydrogen) atoms. The molecule has 2 heterocycles. The van der Waals surface area contributed by atoms with Gasteiger partial charge in [-0.3, -0.25) is 9.78 Å². The number of pyridine rings is 1. The molecular formula is C18H21N3O4. The number of carbonyl (C=O) groups is 1. The lowest BCUT2D eigenvalue weighted by Crippen LogP contribution is -2.44. The molecule has 1 aliphatic rings. The monoisotopic (exact) mass is 343 g/mol. The standard InChI is InChI=1S/C18H21N3O4/c22-15-4-2-1-3-13(15)9-20-14-11-25-16(17(14)23)10-21-18(24)12-5-7-19-8-6-12/h1-8,14,16-17,20,22-23H,9-11H2,(H,21,24)/t14-,16-,17+/m1/s1. The van der Waals surface area contributed by atoms with Crippen molar-refractivity contribution in [2.24, 2.45) is 0 Å². The number of phenols is 1. The molecule has 1 fully saturated rings. The third-order valence-electron chi connectivity index (χ3n) is 4.24. The van der Waals surface area contributed by atoms with Gasteiger partial charge in [0.15, 0.2) is 0 Å². The van der Waals surface area contributed by atoms with Gasteiger partial charge in [-0.2, -0.15) is 0 Å². The fourth-order valence-electron chi connectivity index (χ4n) is 2.74. The molecule has 3 rings (SSSR count). The minimum absolute atomic E-state index is 0.213. The second-order valence-corrected chi connectivity index (χ2v) is 5.92. The van der Waals surface area contributed by atoms with Crippen molar-refractivity contribution >= 4 is 5.91 Å². The van der Waals surface area contributed by atoms with Gasteiger partial charge in [-0.15, -0.1) is 0 Å². The summed E-state index contributed by atoms with van der Waals surface area (Å²) in [5, 5.41) is 26.1. The number of hydrogen-bond acceptors (Lipinski definition) is 6. The van der Waals surface area contributed by atoms with Crippen molar-refractivity contribution in [3.8, 4) is 5.75 Å². The van der Waals surface area contributed by atoms with Gasteiger partial charge in [-0.1, -0.05) is 18.2 Å². The fraction of sp³-hybridized carbons (Fsp3) is 0.333. The van der Waals surface area contributed by atoms with Crippen molar-refractivity contribution in [3.63, 3.8) is 0 Å². The average Bonchev–Trinajstić information content (AvgIpc) is 2.99. The highest BCUT2D eigenvalue weighted by molar-refractivity contribution is 5.93. The highest BCUT2D eigenvalue weighted by atomic mass is 16.5. The molecule has 1 aromatic heterocycles. The summed E-state index contributed by atoms with van der Waals surface area (Å²) in [6.45, 7) is 0.982. The Hall–Kier alpha value is -2.48. The SMILES string of the molecule is O=C(NC[C@H]1OC[C@@H](NCc2ccccc2O)[C@@H]1O)c1ccncc1. The second-order valence-electron chi connectivity index (χ2n) is 5.92. The molecule has 3 atom stereocenters. The van der Waals surface area contributed by atoms with Crippen LogP contribution in [0.4, 0.5) is 0 Å². The molecule has 132 valence electrons. The highest BCUT2D eigenvalue weighted by Gasteiger charge is 2.35. The summed E-state index contributed by atoms with van der Waals surface area (Å²) in [7, 11) is 0. The molecule has 4 N–H and O–H groups in total. The van der Waals surface area contributed by atoms with E-state index in [0.29, 0.717) is 18.7 Å². The minimum atomic E-state index is -0.747. The largest absolute Gasteiger partial charge is 0.508 e. The lowest BCUT2D eigenvalue weighted by Gasteiger charge is -2.19. The van der Waals surface area contributed by atoms with Gasteiger partial charge in [0, 0.05) is 36.6 Å². The Morgan fingerprint density at radius 2 is 2.00 bits per heavy atom. The van der Waals surface area contributed by atoms with Crippen LogP contribution in [0.2, 0.25) is 0 Å². The maximum Gasteiger partial charge on any atom is 0.251 e. The first kappa shape index (κ1) is 17.3. The van der Waals surface area contributed by atoms with Crippen LogP contribution in [0.3, 0.4) is 0 Å². The van der Waals surface area contributed by atoms with Crippen LogP contribution in [0, 0.1) is 0 Å². The van der Waals surface area contributed by atoms with E-state index in [1.54, 1.807) is 36.7 Å². The average molecular weight is 343 g/mol. The van der Waals surface area contributed by atoms with E-state index >= 15 is 0 Å². The minimum Gasteiger partial charge on any atom is -0.508 e. The number of amides is 1. The summed E-state index contributed by atoms with van der Waals surface area (Å²) < 4.78 is 5.58. The fourth-order valence-corrected chi connectivity index (χ4v) is 2.74. The first-order chi connectivity index (χ1) is 12.1. The topological polar surface area (TPSA) is 104 Å². The molecule has 0 radical (unpaired) electrons. The van der Waals surface area contributed by atoms with Crippen molar-refractivity contribution in [1.29, 1.82) is 0 Å². The van der Waals surface area contributed by atoms with Gasteiger partial charge >= 0.3 is 0 Å². The van der Waals surface area contributed by atoms with Gasteiger partial charge in [-0.05, 0) is 18.2 Å². The summed E-state index contributed by atoms with van der Waals surface area (Å²) in [5.41, 5.74) is 1.26. The zero-order valence-corrected chi connectivity index (χ0v) is 13.6. The quantitative estimate of drug-likeness (QED) is 0.607. The Kier molecular flexibility index (Phi) is 5.60. The van der Waals surface area contributed by atoms with Crippen LogP contribution in [0.25, 0.3) is 0 Å². The first-order valence-corrected chi connectivity index (χ1v) is 8.13. The van der Waals surface area contributed by atoms with Gasteiger partial charge < -0.3 is 25.6 Å². The van der Waals surface area contributed by atoms with E-state index in [9.17, 15) is 15.0 Å². The summed E-state index contributed by atoms with van der Waals surface area (Å²) in [6.07, 6.45) is 1.88. The van der Waals surface area contributed by atoms with E-state index in [0.717, 1.165) is 5.56 Å². The number of nitrogens with zero attached hydrogens (tertiary/aromatic N) is 1. The maximum atomic E-state index is 12.0. The van der Waals surface area contributed by atoms with Crippen LogP contribution in [-0.2, 0) is 11.3 Å². The molecule has 1 saturated heterocycles. The van der Waals surface area contributed by atoms with Gasteiger partial charge in [0.1, 0.15) is 11.9 Å². The molecule has 1 aliphatic heterocycles. The number of nitrogens with one attached hydrogen (secondary N) is 2. The molecule has 7 heteroatoms. The van der Waals surface area contributed by atoms with Crippen molar-refractivity contribution in [3.05, 3.63) is 59.9 Å². The predicted octanol–water partition coefficient (Wildman–Crippen LogP) is 0.435. The van der Waals surface area contributed by atoms with Gasteiger partial charge in [0.25, 0.3) is 5.91 Å². The zero-order valence-electron chi connectivity index (χ0n) is 13.6. The van der Waals surface area contributed by atoms with Gasteiger partial charge in [-0.25, -0.2) is 0 Å². The molecule has 7 nitrogen and oxygen atoms in total. The lowest BCUT2D eigenvalue weighted by molar-refractivity contribution is 0.0398. The van der Waals surface area contributed by atoms with Crippen LogP contribution in [0.5, 0.6) is 5.75 Å². The van der Waals surface area contributed by atoms with Crippen LogP contribution in [0.1, 0.15) is 15.9 Å². The van der Waals surface area contributed by atoms with Crippen LogP contribution in [-0.4, -0.2) is 52.5 Å². The van der Waals surface area contributed by atoms with E-state index < -0.39 is 12.2 Å². The summed E-state index contributed by atoms with van der Waals surface area (Å²) in [5.74, 6) is -0.0200. The first-order valence-electron chi connectivity index (χ1n) is 8.13. The van der Waals surface area contributed by atoms with Gasteiger partial charge in [0.05, 0.1) is 18.8 Å². The molecule has 0 saturated carbocycles. The molecule has 2 aromatic rings. The van der Waals surface area contributed by atoms with E-state index in [2.05, 4.69) is 15.6 Å². The highest BCUT2D eigenvalue weighted by Crippen LogP contribution is 2.18. The Morgan fingerprint density at radius 1 is 1.24 bits per heavy atom. The number of aromatic nitrogens is 1. The van der Waals surface area contributed by atoms with Crippen LogP contribution < -0.4 is 10.6 Å². The molecule has 1 aromatic carbocycles. The van der Waals surface area contributed by atoms with Crippen LogP contribution in [0.15, 0.2) is 48.8 Å². The number of benzene rings is 1. The van der Waals surface area contributed by atoms with E-state index in [-0.39, 0.29) is 24.2 Å². The molecule has 0 unspecified atom stereocenters. The van der Waals surface area contributed by atoms with E-state index in [1.165, 1.54) is 0 Å². The van der Waals surface area contributed by atoms with Crippen molar-refractivity contribution in [2.45, 2.75) is 24.8 Å². The third-order valence-corrected chi connectivity index (χ3v) is 4.24. The third kappa shape index (κ3) is 4.33. The molecule has 0 spiro atoms. The van der Waals surface area contributed by atoms with Crippen LogP contribution >= 0.6 is 0 Å². The number of hydrogen-bond donors (Lipinski definition) is 4. The van der Waals surface area contributed by atoms with Crippen molar-refractivity contribution < 1.29 is 19.7 Å². The smallest absolute Gasteiger partial charge is 0.251 e. The summed E-state index contributed by atoms with van der Waals surface area (Å²) in [4.78, 5) is 15.9. The summed E-state index contributed by atoms with van der Waals surface area (Å²) >= 11 is 0. The van der Waals surface area contributed by atoms with Gasteiger partial charge in [0.2, 0.25) is 0 Å². The summed E-state index contributed by atoms with van der Waals surface area (Å²) in [6, 6.07) is 10.0. The Morgan fingerprint density at radius 3 is 2.76 bits per heavy atom. The van der Waals surface area contributed by atoms with E-state index in [1.807, 2.05) is 12.1 Å². The lowest BCUT2D eigenvalue weighted by atomic mass is 10.1. The molecular weight excluding hydrogens is 322 g/mol. The second kappa shape index (κ2) is 8.06. The number of para-hydroxylation sites is 1. The molecule has 0 bridgehead atoms. The molecule has 1 amide bonds. The predicted molar refractivity (Wildman–Crippen MR) is 91.1 cm³/mol. The number of ether oxygens (including phenoxy) is 1. The Labute approximate surface area is 145 Å². The number of rotatable bonds is 6. The number of phenolic OH excluding ortho intramolecular Hbond substituents is 1. The number of aliphatic hydroxyl groups excluding tert-OH is 1. The molecule has 0 aliphatic carbocycles. The number of carbonyl (C=O) groups excluding carboxylic acids is 1. The van der Waals surface area contributed by atoms with Crippen molar-refractivity contribution in [2.75, 3.05) is 13.2 Å². The van der Waals surface area contributed by atoms with E-state index in [4.69, 9.17) is 4.74 Å². The Balaban J connectivity index is 1.47. The zero-order chi connectivity index (χ0) is 17.6.